The van der Waals surface area contributed by atoms with Crippen LogP contribution in [0.5, 0.6) is 0 Å². The van der Waals surface area contributed by atoms with Crippen molar-refractivity contribution < 1.29 is 17.9 Å². The lowest BCUT2D eigenvalue weighted by atomic mass is 10.1. The number of carbonyl (C=O) groups excluding carboxylic acids is 1. The van der Waals surface area contributed by atoms with Gasteiger partial charge in [-0.15, -0.1) is 0 Å². The molecule has 8 heteroatoms. The van der Waals surface area contributed by atoms with Crippen molar-refractivity contribution in [3.8, 4) is 0 Å². The van der Waals surface area contributed by atoms with E-state index in [0.717, 1.165) is 18.6 Å². The maximum absolute atomic E-state index is 11.7. The zero-order valence-electron chi connectivity index (χ0n) is 12.5. The summed E-state index contributed by atoms with van der Waals surface area (Å²) < 4.78 is 30.7. The van der Waals surface area contributed by atoms with Gasteiger partial charge in [0.05, 0.1) is 11.5 Å². The van der Waals surface area contributed by atoms with Crippen LogP contribution in [-0.2, 0) is 21.3 Å². The van der Waals surface area contributed by atoms with Gasteiger partial charge >= 0.3 is 6.03 Å². The fourth-order valence-electron chi connectivity index (χ4n) is 2.13. The largest absolute Gasteiger partial charge is 0.381 e. The Hall–Kier alpha value is -1.64. The van der Waals surface area contributed by atoms with Gasteiger partial charge in [0.25, 0.3) is 0 Å². The molecule has 122 valence electrons. The van der Waals surface area contributed by atoms with Crippen LogP contribution in [0.1, 0.15) is 12.0 Å². The predicted octanol–water partition coefficient (Wildman–Crippen LogP) is 0.430. The summed E-state index contributed by atoms with van der Waals surface area (Å²) >= 11 is 0. The first-order chi connectivity index (χ1) is 10.5. The van der Waals surface area contributed by atoms with Gasteiger partial charge in [-0.3, -0.25) is 0 Å². The van der Waals surface area contributed by atoms with Gasteiger partial charge in [0, 0.05) is 25.6 Å². The van der Waals surface area contributed by atoms with Crippen LogP contribution in [-0.4, -0.2) is 41.3 Å². The van der Waals surface area contributed by atoms with Gasteiger partial charge in [-0.05, 0) is 31.2 Å². The number of ether oxygens (including phenoxy) is 1. The van der Waals surface area contributed by atoms with E-state index in [1.165, 1.54) is 19.2 Å². The Morgan fingerprint density at radius 3 is 2.59 bits per heavy atom. The van der Waals surface area contributed by atoms with E-state index >= 15 is 0 Å². The van der Waals surface area contributed by atoms with Crippen LogP contribution in [0, 0.1) is 5.92 Å². The summed E-state index contributed by atoms with van der Waals surface area (Å²) in [4.78, 5) is 11.9. The van der Waals surface area contributed by atoms with Crippen molar-refractivity contribution in [2.75, 3.05) is 26.8 Å². The van der Waals surface area contributed by atoms with Crippen LogP contribution in [0.25, 0.3) is 0 Å². The summed E-state index contributed by atoms with van der Waals surface area (Å²) in [6.07, 6.45) is 0.974. The first-order valence-corrected chi connectivity index (χ1v) is 8.61. The van der Waals surface area contributed by atoms with Crippen LogP contribution < -0.4 is 15.4 Å². The average Bonchev–Trinajstić information content (AvgIpc) is 3.05. The molecule has 1 aliphatic rings. The summed E-state index contributed by atoms with van der Waals surface area (Å²) in [7, 11) is -2.06. The highest BCUT2D eigenvalue weighted by Gasteiger charge is 2.16. The van der Waals surface area contributed by atoms with E-state index in [9.17, 15) is 13.2 Å². The summed E-state index contributed by atoms with van der Waals surface area (Å²) in [6, 6.07) is 6.14. The standard InChI is InChI=1S/C14H21N3O4S/c1-15-22(19,20)13-4-2-11(3-5-13)8-16-14(18)17-9-12-6-7-21-10-12/h2-5,12,15H,6-10H2,1H3,(H2,16,17,18)/t12-/m1/s1. The molecule has 0 radical (unpaired) electrons. The summed E-state index contributed by atoms with van der Waals surface area (Å²) in [6.45, 7) is 2.40. The number of hydrogen-bond acceptors (Lipinski definition) is 4. The van der Waals surface area contributed by atoms with Crippen LogP contribution in [0.3, 0.4) is 0 Å². The van der Waals surface area contributed by atoms with Crippen molar-refractivity contribution in [1.82, 2.24) is 15.4 Å². The zero-order valence-corrected chi connectivity index (χ0v) is 13.3. The Kier molecular flexibility index (Phi) is 5.76. The summed E-state index contributed by atoms with van der Waals surface area (Å²) in [5.74, 6) is 0.386. The van der Waals surface area contributed by atoms with Crippen LogP contribution >= 0.6 is 0 Å². The first-order valence-electron chi connectivity index (χ1n) is 7.13. The van der Waals surface area contributed by atoms with Gasteiger partial charge < -0.3 is 15.4 Å². The van der Waals surface area contributed by atoms with Gasteiger partial charge in [-0.1, -0.05) is 12.1 Å². The molecule has 1 aromatic carbocycles. The number of carbonyl (C=O) groups is 1. The van der Waals surface area contributed by atoms with E-state index in [1.54, 1.807) is 12.1 Å². The number of sulfonamides is 1. The van der Waals surface area contributed by atoms with Crippen molar-refractivity contribution >= 4 is 16.1 Å². The minimum atomic E-state index is -3.43. The highest BCUT2D eigenvalue weighted by molar-refractivity contribution is 7.89. The second-order valence-electron chi connectivity index (χ2n) is 5.14. The molecule has 1 atom stereocenters. The molecule has 2 rings (SSSR count). The van der Waals surface area contributed by atoms with Crippen molar-refractivity contribution in [3.05, 3.63) is 29.8 Å². The Morgan fingerprint density at radius 1 is 1.27 bits per heavy atom. The number of amides is 2. The SMILES string of the molecule is CNS(=O)(=O)c1ccc(CNC(=O)NC[C@H]2CCOC2)cc1. The van der Waals surface area contributed by atoms with Crippen LogP contribution in [0.2, 0.25) is 0 Å². The Labute approximate surface area is 130 Å². The molecule has 0 bridgehead atoms. The van der Waals surface area contributed by atoms with Gasteiger partial charge in [0.2, 0.25) is 10.0 Å². The average molecular weight is 327 g/mol. The molecule has 0 aliphatic carbocycles. The van der Waals surface area contributed by atoms with Crippen LogP contribution in [0.4, 0.5) is 4.79 Å². The van der Waals surface area contributed by atoms with E-state index in [-0.39, 0.29) is 10.9 Å². The smallest absolute Gasteiger partial charge is 0.315 e. The van der Waals surface area contributed by atoms with Gasteiger partial charge in [-0.25, -0.2) is 17.9 Å². The van der Waals surface area contributed by atoms with Crippen molar-refractivity contribution in [2.24, 2.45) is 5.92 Å². The number of nitrogens with one attached hydrogen (secondary N) is 3. The number of rotatable bonds is 6. The quantitative estimate of drug-likeness (QED) is 0.706. The van der Waals surface area contributed by atoms with Crippen molar-refractivity contribution in [1.29, 1.82) is 0 Å². The zero-order chi connectivity index (χ0) is 16.0. The van der Waals surface area contributed by atoms with E-state index < -0.39 is 10.0 Å². The molecule has 1 fully saturated rings. The Bertz CT molecular complexity index is 595. The molecule has 2 amide bonds. The fraction of sp³-hybridized carbons (Fsp3) is 0.500. The number of hydrogen-bond donors (Lipinski definition) is 3. The second-order valence-corrected chi connectivity index (χ2v) is 7.03. The monoisotopic (exact) mass is 327 g/mol. The van der Waals surface area contributed by atoms with Crippen molar-refractivity contribution in [3.63, 3.8) is 0 Å². The minimum absolute atomic E-state index is 0.199. The summed E-state index contributed by atoms with van der Waals surface area (Å²) in [5.41, 5.74) is 0.828. The third-order valence-electron chi connectivity index (χ3n) is 3.53. The fourth-order valence-corrected chi connectivity index (χ4v) is 2.86. The molecule has 1 aromatic rings. The third kappa shape index (κ3) is 4.69. The second kappa shape index (κ2) is 7.57. The van der Waals surface area contributed by atoms with E-state index in [4.69, 9.17) is 4.74 Å². The van der Waals surface area contributed by atoms with E-state index in [2.05, 4.69) is 15.4 Å². The maximum atomic E-state index is 11.7. The lowest BCUT2D eigenvalue weighted by molar-refractivity contribution is 0.185. The van der Waals surface area contributed by atoms with E-state index in [1.807, 2.05) is 0 Å². The summed E-state index contributed by atoms with van der Waals surface area (Å²) in [5, 5.41) is 5.54. The molecule has 0 saturated carbocycles. The normalized spacial score (nSPS) is 18.1. The molecule has 1 saturated heterocycles. The lowest BCUT2D eigenvalue weighted by Gasteiger charge is -2.11. The molecular formula is C14H21N3O4S. The number of benzene rings is 1. The van der Waals surface area contributed by atoms with Gasteiger partial charge in [0.15, 0.2) is 0 Å². The maximum Gasteiger partial charge on any atom is 0.315 e. The molecule has 0 aromatic heterocycles. The van der Waals surface area contributed by atoms with Gasteiger partial charge in [0.1, 0.15) is 0 Å². The van der Waals surface area contributed by atoms with Gasteiger partial charge in [-0.2, -0.15) is 0 Å². The molecule has 7 nitrogen and oxygen atoms in total. The third-order valence-corrected chi connectivity index (χ3v) is 4.96. The molecule has 0 spiro atoms. The molecular weight excluding hydrogens is 306 g/mol. The first kappa shape index (κ1) is 16.7. The molecule has 1 heterocycles. The molecule has 3 N–H and O–H groups in total. The van der Waals surface area contributed by atoms with E-state index in [0.29, 0.717) is 25.6 Å². The minimum Gasteiger partial charge on any atom is -0.381 e. The molecule has 1 aliphatic heterocycles. The Balaban J connectivity index is 1.77. The molecule has 22 heavy (non-hydrogen) atoms. The lowest BCUT2D eigenvalue weighted by Crippen LogP contribution is -2.38. The van der Waals surface area contributed by atoms with Crippen molar-refractivity contribution in [2.45, 2.75) is 17.9 Å². The number of urea groups is 1. The Morgan fingerprint density at radius 2 is 2.00 bits per heavy atom. The highest BCUT2D eigenvalue weighted by atomic mass is 32.2. The van der Waals surface area contributed by atoms with Crippen LogP contribution in [0.15, 0.2) is 29.2 Å². The highest BCUT2D eigenvalue weighted by Crippen LogP contribution is 2.11. The topological polar surface area (TPSA) is 96.5 Å². The predicted molar refractivity (Wildman–Crippen MR) is 81.9 cm³/mol. The molecule has 0 unspecified atom stereocenters.